The van der Waals surface area contributed by atoms with Crippen LogP contribution in [0.15, 0.2) is 97.1 Å². The van der Waals surface area contributed by atoms with Crippen LogP contribution < -0.4 is 28.4 Å². The zero-order valence-corrected chi connectivity index (χ0v) is 29.8. The van der Waals surface area contributed by atoms with Gasteiger partial charge in [-0.2, -0.15) is 0 Å². The lowest BCUT2D eigenvalue weighted by molar-refractivity contribution is -0.135. The molecule has 4 aromatic rings. The molecule has 0 N–H and O–H groups in total. The highest BCUT2D eigenvalue weighted by Crippen LogP contribution is 2.26. The van der Waals surface area contributed by atoms with Crippen LogP contribution in [0.5, 0.6) is 34.5 Å². The molecule has 0 spiro atoms. The molecule has 274 valence electrons. The van der Waals surface area contributed by atoms with Gasteiger partial charge in [0.25, 0.3) is 0 Å². The number of hydrogen-bond donors (Lipinski definition) is 0. The van der Waals surface area contributed by atoms with Crippen LogP contribution in [0.3, 0.4) is 0 Å². The lowest BCUT2D eigenvalue weighted by atomic mass is 10.1. The smallest absolute Gasteiger partial charge is 0.311 e. The number of carbonyl (C=O) groups excluding carboxylic acids is 4. The van der Waals surface area contributed by atoms with Crippen molar-refractivity contribution in [2.45, 2.75) is 77.0 Å². The Morgan fingerprint density at radius 1 is 0.365 bits per heavy atom. The van der Waals surface area contributed by atoms with E-state index in [-0.39, 0.29) is 23.9 Å². The Kier molecular flexibility index (Phi) is 16.2. The molecule has 0 heterocycles. The molecule has 0 aliphatic rings. The van der Waals surface area contributed by atoms with E-state index in [1.54, 1.807) is 87.0 Å². The number of esters is 4. The average Bonchev–Trinajstić information content (AvgIpc) is 3.15. The molecule has 0 aliphatic heterocycles. The lowest BCUT2D eigenvalue weighted by Crippen LogP contribution is -2.08. The second-order valence-corrected chi connectivity index (χ2v) is 12.1. The van der Waals surface area contributed by atoms with Crippen LogP contribution in [0.25, 0.3) is 11.1 Å². The molecule has 4 rings (SSSR count). The van der Waals surface area contributed by atoms with Gasteiger partial charge in [-0.25, -0.2) is 0 Å². The summed E-state index contributed by atoms with van der Waals surface area (Å²) in [5.41, 5.74) is 1.85. The van der Waals surface area contributed by atoms with Crippen LogP contribution in [-0.2, 0) is 19.2 Å². The molecular formula is C42H46O10. The molecule has 0 aliphatic carbocycles. The molecule has 0 bridgehead atoms. The van der Waals surface area contributed by atoms with Gasteiger partial charge in [-0.3, -0.25) is 19.2 Å². The minimum atomic E-state index is -0.304. The molecule has 0 amide bonds. The monoisotopic (exact) mass is 710 g/mol. The Balaban J connectivity index is 1.04. The van der Waals surface area contributed by atoms with E-state index in [0.717, 1.165) is 36.8 Å². The fraction of sp³-hybridized carbons (Fsp3) is 0.333. The predicted molar refractivity (Wildman–Crippen MR) is 196 cm³/mol. The largest absolute Gasteiger partial charge is 0.497 e. The zero-order valence-electron chi connectivity index (χ0n) is 29.8. The second-order valence-electron chi connectivity index (χ2n) is 12.1. The van der Waals surface area contributed by atoms with Gasteiger partial charge in [0.05, 0.1) is 14.2 Å². The van der Waals surface area contributed by atoms with Crippen molar-refractivity contribution in [2.75, 3.05) is 14.2 Å². The van der Waals surface area contributed by atoms with E-state index in [4.69, 9.17) is 28.4 Å². The van der Waals surface area contributed by atoms with Crippen molar-refractivity contribution in [1.82, 2.24) is 0 Å². The third kappa shape index (κ3) is 14.3. The SMILES string of the molecule is COc1cccc(OC(=O)CCCCCCC(=O)Oc2ccc(-c3ccc(OC(=O)CCCCCCC(=O)Oc4cccc(OC)c4)cc3)cc2)c1. The Morgan fingerprint density at radius 3 is 0.962 bits per heavy atom. The summed E-state index contributed by atoms with van der Waals surface area (Å²) < 4.78 is 31.9. The van der Waals surface area contributed by atoms with E-state index in [2.05, 4.69) is 0 Å². The van der Waals surface area contributed by atoms with Crippen molar-refractivity contribution in [3.63, 3.8) is 0 Å². The number of methoxy groups -OCH3 is 2. The third-order valence-electron chi connectivity index (χ3n) is 8.07. The maximum Gasteiger partial charge on any atom is 0.311 e. The summed E-state index contributed by atoms with van der Waals surface area (Å²) in [4.78, 5) is 48.8. The van der Waals surface area contributed by atoms with Crippen LogP contribution in [0.1, 0.15) is 77.0 Å². The van der Waals surface area contributed by atoms with Crippen LogP contribution in [-0.4, -0.2) is 38.1 Å². The molecule has 10 heteroatoms. The molecule has 4 aromatic carbocycles. The highest BCUT2D eigenvalue weighted by molar-refractivity contribution is 5.75. The van der Waals surface area contributed by atoms with Crippen molar-refractivity contribution in [3.05, 3.63) is 97.1 Å². The summed E-state index contributed by atoms with van der Waals surface area (Å²) in [5.74, 6) is 1.89. The van der Waals surface area contributed by atoms with E-state index in [0.29, 0.717) is 85.9 Å². The quantitative estimate of drug-likeness (QED) is 0.0470. The Bertz CT molecular complexity index is 1600. The Hall–Kier alpha value is -5.64. The van der Waals surface area contributed by atoms with E-state index in [1.165, 1.54) is 0 Å². The zero-order chi connectivity index (χ0) is 37.0. The van der Waals surface area contributed by atoms with E-state index < -0.39 is 0 Å². The van der Waals surface area contributed by atoms with Gasteiger partial charge < -0.3 is 28.4 Å². The first kappa shape index (κ1) is 39.2. The average molecular weight is 711 g/mol. The van der Waals surface area contributed by atoms with Gasteiger partial charge in [0.1, 0.15) is 34.5 Å². The van der Waals surface area contributed by atoms with Gasteiger partial charge in [-0.15, -0.1) is 0 Å². The number of hydrogen-bond acceptors (Lipinski definition) is 10. The first-order chi connectivity index (χ1) is 25.3. The van der Waals surface area contributed by atoms with Crippen molar-refractivity contribution in [1.29, 1.82) is 0 Å². The van der Waals surface area contributed by atoms with Gasteiger partial charge in [0, 0.05) is 37.8 Å². The lowest BCUT2D eigenvalue weighted by Gasteiger charge is -2.08. The van der Waals surface area contributed by atoms with Crippen molar-refractivity contribution >= 4 is 23.9 Å². The highest BCUT2D eigenvalue weighted by Gasteiger charge is 2.10. The normalized spacial score (nSPS) is 10.6. The minimum absolute atomic E-state index is 0.290. The van der Waals surface area contributed by atoms with Gasteiger partial charge in [0.15, 0.2) is 0 Å². The topological polar surface area (TPSA) is 124 Å². The first-order valence-electron chi connectivity index (χ1n) is 17.6. The standard InChI is InChI=1S/C42H46O10/c1-47-35-13-11-15-37(29-35)51-41(45)19-9-5-3-7-17-39(43)49-33-25-21-31(22-26-33)32-23-27-34(28-24-32)50-40(44)18-8-4-6-10-20-42(46)52-38-16-12-14-36(30-38)48-2/h11-16,21-30H,3-10,17-20H2,1-2H3. The van der Waals surface area contributed by atoms with Crippen LogP contribution in [0, 0.1) is 0 Å². The molecule has 0 saturated heterocycles. The second kappa shape index (κ2) is 21.5. The first-order valence-corrected chi connectivity index (χ1v) is 17.6. The fourth-order valence-electron chi connectivity index (χ4n) is 5.27. The van der Waals surface area contributed by atoms with Crippen molar-refractivity contribution in [3.8, 4) is 45.6 Å². The molecule has 0 atom stereocenters. The maximum atomic E-state index is 12.3. The number of rotatable bonds is 21. The molecule has 52 heavy (non-hydrogen) atoms. The van der Waals surface area contributed by atoms with E-state index in [1.807, 2.05) is 24.3 Å². The fourth-order valence-corrected chi connectivity index (χ4v) is 5.27. The molecule has 10 nitrogen and oxygen atoms in total. The molecule has 0 aromatic heterocycles. The molecule has 0 unspecified atom stereocenters. The van der Waals surface area contributed by atoms with E-state index >= 15 is 0 Å². The van der Waals surface area contributed by atoms with Crippen molar-refractivity contribution < 1.29 is 47.6 Å². The summed E-state index contributed by atoms with van der Waals surface area (Å²) in [5, 5.41) is 0. The van der Waals surface area contributed by atoms with Crippen LogP contribution in [0.2, 0.25) is 0 Å². The predicted octanol–water partition coefficient (Wildman–Crippen LogP) is 9.07. The molecular weight excluding hydrogens is 664 g/mol. The molecule has 0 fully saturated rings. The molecule has 0 radical (unpaired) electrons. The van der Waals surface area contributed by atoms with Gasteiger partial charge in [0.2, 0.25) is 0 Å². The highest BCUT2D eigenvalue weighted by atomic mass is 16.5. The number of carbonyl (C=O) groups is 4. The maximum absolute atomic E-state index is 12.3. The summed E-state index contributed by atoms with van der Waals surface area (Å²) in [6.45, 7) is 0. The minimum Gasteiger partial charge on any atom is -0.497 e. The van der Waals surface area contributed by atoms with Gasteiger partial charge in [-0.1, -0.05) is 62.1 Å². The molecule has 0 saturated carbocycles. The number of ether oxygens (including phenoxy) is 6. The Morgan fingerprint density at radius 2 is 0.654 bits per heavy atom. The van der Waals surface area contributed by atoms with Gasteiger partial charge in [-0.05, 0) is 85.3 Å². The summed E-state index contributed by atoms with van der Waals surface area (Å²) in [6.07, 6.45) is 7.11. The number of benzene rings is 4. The third-order valence-corrected chi connectivity index (χ3v) is 8.07. The number of unbranched alkanes of at least 4 members (excludes halogenated alkanes) is 6. The summed E-state index contributed by atoms with van der Waals surface area (Å²) >= 11 is 0. The van der Waals surface area contributed by atoms with E-state index in [9.17, 15) is 19.2 Å². The summed E-state index contributed by atoms with van der Waals surface area (Å²) in [6, 6.07) is 28.3. The van der Waals surface area contributed by atoms with Crippen LogP contribution >= 0.6 is 0 Å². The van der Waals surface area contributed by atoms with Crippen LogP contribution in [0.4, 0.5) is 0 Å². The van der Waals surface area contributed by atoms with Gasteiger partial charge >= 0.3 is 23.9 Å². The van der Waals surface area contributed by atoms with Crippen molar-refractivity contribution in [2.24, 2.45) is 0 Å². The summed E-state index contributed by atoms with van der Waals surface area (Å²) in [7, 11) is 3.11. The Labute approximate surface area is 304 Å².